The standard InChI is InChI=1S/C11H14N2OS2/c14-10(11(15)13-5-1-2-6-13)12-8-9-4-3-7-16-9/h3-4,7H,1-2,5-6,8H2,(H,12,14). The van der Waals surface area contributed by atoms with E-state index in [9.17, 15) is 4.79 Å². The molecule has 2 heterocycles. The first kappa shape index (κ1) is 11.5. The lowest BCUT2D eigenvalue weighted by Crippen LogP contribution is -2.39. The molecule has 5 heteroatoms. The molecule has 1 saturated heterocycles. The van der Waals surface area contributed by atoms with Crippen LogP contribution in [0.1, 0.15) is 17.7 Å². The van der Waals surface area contributed by atoms with Gasteiger partial charge in [-0.1, -0.05) is 18.3 Å². The molecular formula is C11H14N2OS2. The van der Waals surface area contributed by atoms with E-state index in [1.54, 1.807) is 11.3 Å². The predicted molar refractivity (Wildman–Crippen MR) is 69.6 cm³/mol. The van der Waals surface area contributed by atoms with Crippen LogP contribution in [-0.2, 0) is 11.3 Å². The van der Waals surface area contributed by atoms with Gasteiger partial charge in [0.15, 0.2) is 4.99 Å². The zero-order chi connectivity index (χ0) is 11.4. The average molecular weight is 254 g/mol. The molecule has 1 amide bonds. The van der Waals surface area contributed by atoms with Gasteiger partial charge in [-0.2, -0.15) is 0 Å². The van der Waals surface area contributed by atoms with Crippen LogP contribution in [0.25, 0.3) is 0 Å². The van der Waals surface area contributed by atoms with Crippen molar-refractivity contribution in [2.75, 3.05) is 13.1 Å². The van der Waals surface area contributed by atoms with E-state index in [1.165, 1.54) is 0 Å². The SMILES string of the molecule is O=C(NCc1cccs1)C(=S)N1CCCC1. The summed E-state index contributed by atoms with van der Waals surface area (Å²) in [5, 5.41) is 4.85. The maximum Gasteiger partial charge on any atom is 0.279 e. The minimum atomic E-state index is -0.120. The number of hydrogen-bond acceptors (Lipinski definition) is 3. The van der Waals surface area contributed by atoms with E-state index in [0.717, 1.165) is 30.8 Å². The van der Waals surface area contributed by atoms with Crippen molar-refractivity contribution in [1.82, 2.24) is 10.2 Å². The lowest BCUT2D eigenvalue weighted by atomic mass is 10.4. The average Bonchev–Trinajstić information content (AvgIpc) is 2.96. The number of thiophene rings is 1. The fraction of sp³-hybridized carbons (Fsp3) is 0.455. The second-order valence-corrected chi connectivity index (χ2v) is 5.18. The number of likely N-dealkylation sites (tertiary alicyclic amines) is 1. The number of rotatable bonds is 2. The summed E-state index contributed by atoms with van der Waals surface area (Å²) in [5.41, 5.74) is 0. The molecule has 1 fully saturated rings. The molecule has 0 radical (unpaired) electrons. The molecule has 0 spiro atoms. The van der Waals surface area contributed by atoms with Crippen molar-refractivity contribution >= 4 is 34.5 Å². The van der Waals surface area contributed by atoms with Gasteiger partial charge in [0.05, 0.1) is 6.54 Å². The molecule has 1 aromatic heterocycles. The summed E-state index contributed by atoms with van der Waals surface area (Å²) >= 11 is 6.79. The van der Waals surface area contributed by atoms with Crippen LogP contribution in [0.5, 0.6) is 0 Å². The topological polar surface area (TPSA) is 32.3 Å². The number of hydrogen-bond donors (Lipinski definition) is 1. The Bertz CT molecular complexity index is 369. The zero-order valence-corrected chi connectivity index (χ0v) is 10.6. The Hall–Kier alpha value is -0.940. The Morgan fingerprint density at radius 1 is 1.50 bits per heavy atom. The molecule has 0 atom stereocenters. The van der Waals surface area contributed by atoms with Gasteiger partial charge in [0.25, 0.3) is 5.91 Å². The van der Waals surface area contributed by atoms with Crippen LogP contribution in [0.3, 0.4) is 0 Å². The van der Waals surface area contributed by atoms with Gasteiger partial charge in [-0.05, 0) is 24.3 Å². The van der Waals surface area contributed by atoms with Gasteiger partial charge in [0, 0.05) is 18.0 Å². The Morgan fingerprint density at radius 3 is 2.88 bits per heavy atom. The third-order valence-corrected chi connectivity index (χ3v) is 3.91. The van der Waals surface area contributed by atoms with Crippen LogP contribution < -0.4 is 5.32 Å². The van der Waals surface area contributed by atoms with Crippen LogP contribution in [0.4, 0.5) is 0 Å². The van der Waals surface area contributed by atoms with Crippen molar-refractivity contribution in [3.05, 3.63) is 22.4 Å². The predicted octanol–water partition coefficient (Wildman–Crippen LogP) is 1.79. The molecule has 1 aliphatic rings. The Balaban J connectivity index is 1.81. The molecule has 3 nitrogen and oxygen atoms in total. The van der Waals surface area contributed by atoms with Crippen LogP contribution >= 0.6 is 23.6 Å². The van der Waals surface area contributed by atoms with E-state index in [-0.39, 0.29) is 5.91 Å². The van der Waals surface area contributed by atoms with Gasteiger partial charge in [-0.15, -0.1) is 11.3 Å². The molecule has 16 heavy (non-hydrogen) atoms. The van der Waals surface area contributed by atoms with Crippen LogP contribution in [0.2, 0.25) is 0 Å². The molecule has 1 N–H and O–H groups in total. The summed E-state index contributed by atoms with van der Waals surface area (Å²) in [5.74, 6) is -0.120. The molecule has 1 aromatic rings. The monoisotopic (exact) mass is 254 g/mol. The highest BCUT2D eigenvalue weighted by Gasteiger charge is 2.20. The number of carbonyl (C=O) groups is 1. The maximum absolute atomic E-state index is 11.7. The van der Waals surface area contributed by atoms with Gasteiger partial charge in [0.2, 0.25) is 0 Å². The molecule has 86 valence electrons. The second-order valence-electron chi connectivity index (χ2n) is 3.76. The number of nitrogens with zero attached hydrogens (tertiary/aromatic N) is 1. The largest absolute Gasteiger partial charge is 0.358 e. The first-order valence-corrected chi connectivity index (χ1v) is 6.65. The smallest absolute Gasteiger partial charge is 0.279 e. The summed E-state index contributed by atoms with van der Waals surface area (Å²) in [6.45, 7) is 2.42. The van der Waals surface area contributed by atoms with E-state index in [0.29, 0.717) is 11.5 Å². The molecule has 1 aliphatic heterocycles. The molecule has 2 rings (SSSR count). The first-order chi connectivity index (χ1) is 7.77. The Morgan fingerprint density at radius 2 is 2.25 bits per heavy atom. The van der Waals surface area contributed by atoms with E-state index in [1.807, 2.05) is 22.4 Å². The minimum Gasteiger partial charge on any atom is -0.358 e. The normalized spacial score (nSPS) is 15.1. The van der Waals surface area contributed by atoms with Crippen molar-refractivity contribution in [2.24, 2.45) is 0 Å². The van der Waals surface area contributed by atoms with E-state index in [4.69, 9.17) is 12.2 Å². The van der Waals surface area contributed by atoms with Gasteiger partial charge in [0.1, 0.15) is 0 Å². The molecular weight excluding hydrogens is 240 g/mol. The van der Waals surface area contributed by atoms with Gasteiger partial charge >= 0.3 is 0 Å². The van der Waals surface area contributed by atoms with Gasteiger partial charge < -0.3 is 10.2 Å². The first-order valence-electron chi connectivity index (χ1n) is 5.37. The van der Waals surface area contributed by atoms with E-state index < -0.39 is 0 Å². The zero-order valence-electron chi connectivity index (χ0n) is 8.94. The molecule has 0 unspecified atom stereocenters. The van der Waals surface area contributed by atoms with Crippen LogP contribution in [0, 0.1) is 0 Å². The van der Waals surface area contributed by atoms with Crippen molar-refractivity contribution in [2.45, 2.75) is 19.4 Å². The third-order valence-electron chi connectivity index (χ3n) is 2.59. The van der Waals surface area contributed by atoms with Crippen molar-refractivity contribution in [1.29, 1.82) is 0 Å². The molecule has 0 bridgehead atoms. The Labute approximate surface area is 104 Å². The number of nitrogens with one attached hydrogen (secondary N) is 1. The quantitative estimate of drug-likeness (QED) is 0.817. The summed E-state index contributed by atoms with van der Waals surface area (Å²) in [4.78, 5) is 15.3. The van der Waals surface area contributed by atoms with Crippen molar-refractivity contribution < 1.29 is 4.79 Å². The number of amides is 1. The third kappa shape index (κ3) is 2.80. The summed E-state index contributed by atoms with van der Waals surface area (Å²) in [6.07, 6.45) is 2.27. The summed E-state index contributed by atoms with van der Waals surface area (Å²) in [6, 6.07) is 3.98. The Kier molecular flexibility index (Phi) is 3.90. The lowest BCUT2D eigenvalue weighted by Gasteiger charge is -2.17. The van der Waals surface area contributed by atoms with Gasteiger partial charge in [-0.25, -0.2) is 0 Å². The van der Waals surface area contributed by atoms with Crippen molar-refractivity contribution in [3.63, 3.8) is 0 Å². The minimum absolute atomic E-state index is 0.120. The number of thiocarbonyl (C=S) groups is 1. The lowest BCUT2D eigenvalue weighted by molar-refractivity contribution is -0.115. The van der Waals surface area contributed by atoms with Crippen LogP contribution in [-0.4, -0.2) is 28.9 Å². The fourth-order valence-corrected chi connectivity index (χ4v) is 2.62. The summed E-state index contributed by atoms with van der Waals surface area (Å²) in [7, 11) is 0. The second kappa shape index (κ2) is 5.41. The van der Waals surface area contributed by atoms with E-state index >= 15 is 0 Å². The van der Waals surface area contributed by atoms with Gasteiger partial charge in [-0.3, -0.25) is 4.79 Å². The molecule has 0 aromatic carbocycles. The highest BCUT2D eigenvalue weighted by molar-refractivity contribution is 7.82. The fourth-order valence-electron chi connectivity index (χ4n) is 1.72. The van der Waals surface area contributed by atoms with Crippen molar-refractivity contribution in [3.8, 4) is 0 Å². The molecule has 0 aliphatic carbocycles. The number of carbonyl (C=O) groups excluding carboxylic acids is 1. The maximum atomic E-state index is 11.7. The molecule has 0 saturated carbocycles. The van der Waals surface area contributed by atoms with E-state index in [2.05, 4.69) is 5.32 Å². The highest BCUT2D eigenvalue weighted by Crippen LogP contribution is 2.10. The summed E-state index contributed by atoms with van der Waals surface area (Å²) < 4.78 is 0. The highest BCUT2D eigenvalue weighted by atomic mass is 32.1. The van der Waals surface area contributed by atoms with Crippen LogP contribution in [0.15, 0.2) is 17.5 Å².